The summed E-state index contributed by atoms with van der Waals surface area (Å²) in [6.07, 6.45) is 3.17. The average molecular weight is 309 g/mol. The van der Waals surface area contributed by atoms with E-state index in [1.54, 1.807) is 0 Å². The number of fused-ring (bicyclic) bond motifs is 1. The molecule has 2 aromatic rings. The van der Waals surface area contributed by atoms with Crippen molar-refractivity contribution in [1.29, 1.82) is 5.41 Å². The van der Waals surface area contributed by atoms with Gasteiger partial charge in [0.25, 0.3) is 0 Å². The second-order valence-corrected chi connectivity index (χ2v) is 6.50. The van der Waals surface area contributed by atoms with Crippen LogP contribution in [0.1, 0.15) is 24.3 Å². The molecule has 1 amide bonds. The molecular weight excluding hydrogens is 290 g/mol. The number of nitrogens with zero attached hydrogens (tertiary/aromatic N) is 1. The number of oxazole rings is 1. The standard InChI is InChI=1S/C18H19N3O2/c19-16(12-9-13(12)17(20)22)11-6-7-14-15(8-11)23-18(21-14)10-4-2-1-3-5-10/h1-5,11-13,19H,6-9H2,(H2,20,22)/t11-,12-,13+/m0/s1. The molecule has 1 aromatic heterocycles. The largest absolute Gasteiger partial charge is 0.441 e. The SMILES string of the molecule is N=C([C@H]1CCc2nc(-c3ccccc3)oc2C1)[C@H]1C[C@H]1C(N)=O. The molecule has 1 saturated carbocycles. The minimum atomic E-state index is -0.276. The van der Waals surface area contributed by atoms with Crippen molar-refractivity contribution in [2.45, 2.75) is 25.7 Å². The molecule has 2 aliphatic rings. The van der Waals surface area contributed by atoms with Gasteiger partial charge in [-0.3, -0.25) is 4.79 Å². The first-order valence-electron chi connectivity index (χ1n) is 8.05. The van der Waals surface area contributed by atoms with Crippen LogP contribution in [-0.2, 0) is 17.6 Å². The number of primary amides is 1. The third-order valence-corrected chi connectivity index (χ3v) is 4.96. The van der Waals surface area contributed by atoms with E-state index < -0.39 is 0 Å². The molecule has 1 fully saturated rings. The van der Waals surface area contributed by atoms with E-state index >= 15 is 0 Å². The zero-order valence-corrected chi connectivity index (χ0v) is 12.8. The van der Waals surface area contributed by atoms with Crippen molar-refractivity contribution in [2.24, 2.45) is 23.5 Å². The predicted molar refractivity (Wildman–Crippen MR) is 86.0 cm³/mol. The van der Waals surface area contributed by atoms with Crippen LogP contribution in [-0.4, -0.2) is 16.6 Å². The average Bonchev–Trinajstić information content (AvgIpc) is 3.26. The molecule has 0 saturated heterocycles. The fourth-order valence-corrected chi connectivity index (χ4v) is 3.50. The molecule has 1 aromatic carbocycles. The summed E-state index contributed by atoms with van der Waals surface area (Å²) in [6, 6.07) is 9.87. The zero-order chi connectivity index (χ0) is 16.0. The maximum absolute atomic E-state index is 11.2. The molecule has 0 unspecified atom stereocenters. The molecule has 0 aliphatic heterocycles. The molecule has 0 radical (unpaired) electrons. The molecule has 2 aliphatic carbocycles. The number of nitrogens with two attached hydrogens (primary N) is 1. The number of aromatic nitrogens is 1. The molecule has 3 N–H and O–H groups in total. The number of rotatable bonds is 4. The number of hydrogen-bond donors (Lipinski definition) is 2. The van der Waals surface area contributed by atoms with Gasteiger partial charge in [0, 0.05) is 35.4 Å². The van der Waals surface area contributed by atoms with Crippen LogP contribution >= 0.6 is 0 Å². The van der Waals surface area contributed by atoms with Crippen molar-refractivity contribution < 1.29 is 9.21 Å². The van der Waals surface area contributed by atoms with Crippen molar-refractivity contribution in [2.75, 3.05) is 0 Å². The maximum atomic E-state index is 11.2. The van der Waals surface area contributed by atoms with Gasteiger partial charge < -0.3 is 15.6 Å². The van der Waals surface area contributed by atoms with E-state index in [0.717, 1.165) is 36.3 Å². The number of carbonyl (C=O) groups excluding carboxylic acids is 1. The molecule has 23 heavy (non-hydrogen) atoms. The Balaban J connectivity index is 1.51. The van der Waals surface area contributed by atoms with E-state index in [-0.39, 0.29) is 23.7 Å². The zero-order valence-electron chi connectivity index (χ0n) is 12.8. The Bertz CT molecular complexity index is 766. The van der Waals surface area contributed by atoms with Crippen molar-refractivity contribution in [3.63, 3.8) is 0 Å². The highest BCUT2D eigenvalue weighted by atomic mass is 16.4. The Morgan fingerprint density at radius 3 is 2.74 bits per heavy atom. The van der Waals surface area contributed by atoms with E-state index in [2.05, 4.69) is 4.98 Å². The van der Waals surface area contributed by atoms with Gasteiger partial charge in [-0.15, -0.1) is 0 Å². The summed E-state index contributed by atoms with van der Waals surface area (Å²) < 4.78 is 5.95. The summed E-state index contributed by atoms with van der Waals surface area (Å²) in [4.78, 5) is 15.8. The van der Waals surface area contributed by atoms with Gasteiger partial charge >= 0.3 is 0 Å². The van der Waals surface area contributed by atoms with Gasteiger partial charge in [0.05, 0.1) is 5.69 Å². The summed E-state index contributed by atoms with van der Waals surface area (Å²) in [7, 11) is 0. The van der Waals surface area contributed by atoms with Crippen LogP contribution in [0.2, 0.25) is 0 Å². The van der Waals surface area contributed by atoms with Crippen LogP contribution in [0.3, 0.4) is 0 Å². The van der Waals surface area contributed by atoms with Crippen molar-refractivity contribution >= 4 is 11.6 Å². The maximum Gasteiger partial charge on any atom is 0.226 e. The summed E-state index contributed by atoms with van der Waals surface area (Å²) in [5, 5.41) is 8.37. The van der Waals surface area contributed by atoms with Crippen LogP contribution in [0.4, 0.5) is 0 Å². The molecule has 5 heteroatoms. The minimum absolute atomic E-state index is 0.0514. The Labute approximate surface area is 134 Å². The monoisotopic (exact) mass is 309 g/mol. The van der Waals surface area contributed by atoms with Gasteiger partial charge in [0.2, 0.25) is 11.8 Å². The van der Waals surface area contributed by atoms with Crippen LogP contribution in [0.5, 0.6) is 0 Å². The lowest BCUT2D eigenvalue weighted by atomic mass is 9.84. The first-order valence-corrected chi connectivity index (χ1v) is 8.05. The van der Waals surface area contributed by atoms with Gasteiger partial charge in [-0.2, -0.15) is 0 Å². The Morgan fingerprint density at radius 1 is 1.26 bits per heavy atom. The number of hydrogen-bond acceptors (Lipinski definition) is 4. The van der Waals surface area contributed by atoms with E-state index in [1.807, 2.05) is 30.3 Å². The molecule has 3 atom stereocenters. The smallest absolute Gasteiger partial charge is 0.226 e. The van der Waals surface area contributed by atoms with Crippen LogP contribution in [0.25, 0.3) is 11.5 Å². The lowest BCUT2D eigenvalue weighted by molar-refractivity contribution is -0.119. The normalized spacial score (nSPS) is 25.7. The molecule has 4 rings (SSSR count). The number of aryl methyl sites for hydroxylation is 1. The highest BCUT2D eigenvalue weighted by Crippen LogP contribution is 2.43. The second kappa shape index (κ2) is 5.33. The number of carbonyl (C=O) groups is 1. The molecule has 5 nitrogen and oxygen atoms in total. The summed E-state index contributed by atoms with van der Waals surface area (Å²) in [5.41, 5.74) is 7.99. The molecule has 0 spiro atoms. The highest BCUT2D eigenvalue weighted by Gasteiger charge is 2.47. The number of nitrogens with one attached hydrogen (secondary N) is 1. The highest BCUT2D eigenvalue weighted by molar-refractivity contribution is 5.95. The second-order valence-electron chi connectivity index (χ2n) is 6.50. The van der Waals surface area contributed by atoms with Crippen molar-refractivity contribution in [1.82, 2.24) is 4.98 Å². The van der Waals surface area contributed by atoms with Crippen LogP contribution < -0.4 is 5.73 Å². The predicted octanol–water partition coefficient (Wildman–Crippen LogP) is 2.59. The minimum Gasteiger partial charge on any atom is -0.441 e. The van der Waals surface area contributed by atoms with E-state index in [4.69, 9.17) is 15.6 Å². The van der Waals surface area contributed by atoms with Gasteiger partial charge in [0.15, 0.2) is 0 Å². The topological polar surface area (TPSA) is 93.0 Å². The van der Waals surface area contributed by atoms with Crippen molar-refractivity contribution in [3.8, 4) is 11.5 Å². The third-order valence-electron chi connectivity index (χ3n) is 4.96. The van der Waals surface area contributed by atoms with Gasteiger partial charge in [-0.05, 0) is 31.4 Å². The Kier molecular flexibility index (Phi) is 3.29. The van der Waals surface area contributed by atoms with Gasteiger partial charge in [0.1, 0.15) is 5.76 Å². The lowest BCUT2D eigenvalue weighted by Crippen LogP contribution is -2.25. The molecular formula is C18H19N3O2. The quantitative estimate of drug-likeness (QED) is 0.850. The van der Waals surface area contributed by atoms with Crippen LogP contribution in [0, 0.1) is 23.2 Å². The first kappa shape index (κ1) is 14.2. The summed E-state index contributed by atoms with van der Waals surface area (Å²) in [6.45, 7) is 0. The lowest BCUT2D eigenvalue weighted by Gasteiger charge is -2.21. The number of benzene rings is 1. The molecule has 118 valence electrons. The van der Waals surface area contributed by atoms with E-state index in [9.17, 15) is 4.79 Å². The molecule has 1 heterocycles. The van der Waals surface area contributed by atoms with Crippen molar-refractivity contribution in [3.05, 3.63) is 41.8 Å². The summed E-state index contributed by atoms with van der Waals surface area (Å²) >= 11 is 0. The Morgan fingerprint density at radius 2 is 2.04 bits per heavy atom. The Hall–Kier alpha value is -2.43. The van der Waals surface area contributed by atoms with E-state index in [1.165, 1.54) is 0 Å². The van der Waals surface area contributed by atoms with Gasteiger partial charge in [-0.25, -0.2) is 4.98 Å². The fraction of sp³-hybridized carbons (Fsp3) is 0.389. The number of amides is 1. The van der Waals surface area contributed by atoms with E-state index in [0.29, 0.717) is 18.0 Å². The third kappa shape index (κ3) is 2.56. The first-order chi connectivity index (χ1) is 11.1. The molecule has 0 bridgehead atoms. The fourth-order valence-electron chi connectivity index (χ4n) is 3.50. The van der Waals surface area contributed by atoms with Crippen LogP contribution in [0.15, 0.2) is 34.7 Å². The van der Waals surface area contributed by atoms with Gasteiger partial charge in [-0.1, -0.05) is 18.2 Å². The summed E-state index contributed by atoms with van der Waals surface area (Å²) in [5.74, 6) is 1.34.